The highest BCUT2D eigenvalue weighted by Gasteiger charge is 2.09. The Balaban J connectivity index is 0.00000288. The van der Waals surface area contributed by atoms with Gasteiger partial charge < -0.3 is 14.8 Å². The third kappa shape index (κ3) is 5.62. The van der Waals surface area contributed by atoms with E-state index in [1.165, 1.54) is 0 Å². The van der Waals surface area contributed by atoms with Crippen molar-refractivity contribution < 1.29 is 0 Å². The molecule has 0 saturated heterocycles. The number of nitrogens with one attached hydrogen (secondary N) is 1. The van der Waals surface area contributed by atoms with Gasteiger partial charge in [-0.3, -0.25) is 0 Å². The summed E-state index contributed by atoms with van der Waals surface area (Å²) in [5, 5.41) is 12.1. The molecular formula is C16H24ClIN6. The van der Waals surface area contributed by atoms with Crippen LogP contribution in [0.4, 0.5) is 0 Å². The quantitative estimate of drug-likeness (QED) is 0.407. The second-order valence-electron chi connectivity index (χ2n) is 5.15. The average molecular weight is 463 g/mol. The van der Waals surface area contributed by atoms with Gasteiger partial charge in [0.2, 0.25) is 0 Å². The summed E-state index contributed by atoms with van der Waals surface area (Å²) in [5.74, 6) is 1.67. The van der Waals surface area contributed by atoms with E-state index in [0.29, 0.717) is 13.1 Å². The van der Waals surface area contributed by atoms with Gasteiger partial charge in [-0.2, -0.15) is 0 Å². The van der Waals surface area contributed by atoms with Gasteiger partial charge in [0.05, 0.1) is 0 Å². The summed E-state index contributed by atoms with van der Waals surface area (Å²) >= 11 is 6.24. The fourth-order valence-electron chi connectivity index (χ4n) is 2.24. The van der Waals surface area contributed by atoms with Crippen LogP contribution in [0.3, 0.4) is 0 Å². The molecule has 2 rings (SSSR count). The molecule has 132 valence electrons. The van der Waals surface area contributed by atoms with Crippen LogP contribution in [-0.2, 0) is 19.6 Å². The molecule has 0 aliphatic heterocycles. The predicted octanol–water partition coefficient (Wildman–Crippen LogP) is 3.17. The van der Waals surface area contributed by atoms with Crippen LogP contribution in [0.1, 0.15) is 25.2 Å². The lowest BCUT2D eigenvalue weighted by Gasteiger charge is -2.22. The van der Waals surface area contributed by atoms with Gasteiger partial charge in [-0.15, -0.1) is 34.2 Å². The summed E-state index contributed by atoms with van der Waals surface area (Å²) in [6.45, 7) is 6.92. The molecule has 0 bridgehead atoms. The van der Waals surface area contributed by atoms with Gasteiger partial charge in [0.1, 0.15) is 12.9 Å². The molecule has 24 heavy (non-hydrogen) atoms. The Morgan fingerprint density at radius 3 is 2.75 bits per heavy atom. The van der Waals surface area contributed by atoms with Crippen LogP contribution in [0, 0.1) is 0 Å². The number of benzene rings is 1. The summed E-state index contributed by atoms with van der Waals surface area (Å²) in [6.07, 6.45) is 1.73. The van der Waals surface area contributed by atoms with Crippen molar-refractivity contribution >= 4 is 41.5 Å². The van der Waals surface area contributed by atoms with E-state index < -0.39 is 0 Å². The van der Waals surface area contributed by atoms with Gasteiger partial charge >= 0.3 is 0 Å². The normalized spacial score (nSPS) is 11.1. The van der Waals surface area contributed by atoms with Crippen molar-refractivity contribution in [1.82, 2.24) is 25.0 Å². The van der Waals surface area contributed by atoms with E-state index in [0.717, 1.165) is 35.5 Å². The first kappa shape index (κ1) is 20.7. The molecule has 0 saturated carbocycles. The molecule has 0 spiro atoms. The van der Waals surface area contributed by atoms with Gasteiger partial charge in [0, 0.05) is 31.7 Å². The number of hydrogen-bond donors (Lipinski definition) is 1. The van der Waals surface area contributed by atoms with Crippen LogP contribution in [0.25, 0.3) is 0 Å². The van der Waals surface area contributed by atoms with Crippen molar-refractivity contribution in [2.24, 2.45) is 4.99 Å². The summed E-state index contributed by atoms with van der Waals surface area (Å²) in [4.78, 5) is 6.71. The third-order valence-electron chi connectivity index (χ3n) is 3.47. The molecule has 0 fully saturated rings. The zero-order chi connectivity index (χ0) is 16.7. The van der Waals surface area contributed by atoms with Gasteiger partial charge in [0.15, 0.2) is 11.8 Å². The van der Waals surface area contributed by atoms with E-state index in [1.54, 1.807) is 6.33 Å². The highest BCUT2D eigenvalue weighted by Crippen LogP contribution is 2.16. The maximum Gasteiger partial charge on any atom is 0.194 e. The SMILES string of the molecule is CCNC(=NCc1nncn1CC)N(C)Cc1ccccc1Cl.I. The van der Waals surface area contributed by atoms with E-state index in [2.05, 4.69) is 32.3 Å². The van der Waals surface area contributed by atoms with Crippen LogP contribution in [0.15, 0.2) is 35.6 Å². The van der Waals surface area contributed by atoms with E-state index in [4.69, 9.17) is 11.6 Å². The second kappa shape index (κ2) is 10.5. The summed E-state index contributed by atoms with van der Waals surface area (Å²) in [5.41, 5.74) is 1.07. The van der Waals surface area contributed by atoms with E-state index in [9.17, 15) is 0 Å². The monoisotopic (exact) mass is 462 g/mol. The Morgan fingerprint density at radius 1 is 1.33 bits per heavy atom. The molecule has 0 aliphatic carbocycles. The van der Waals surface area contributed by atoms with Crippen molar-refractivity contribution in [1.29, 1.82) is 0 Å². The van der Waals surface area contributed by atoms with Gasteiger partial charge in [-0.05, 0) is 25.5 Å². The molecular weight excluding hydrogens is 439 g/mol. The number of aliphatic imine (C=N–C) groups is 1. The highest BCUT2D eigenvalue weighted by molar-refractivity contribution is 14.0. The second-order valence-corrected chi connectivity index (χ2v) is 5.56. The number of nitrogens with zero attached hydrogens (tertiary/aromatic N) is 5. The molecule has 6 nitrogen and oxygen atoms in total. The molecule has 8 heteroatoms. The van der Waals surface area contributed by atoms with Crippen LogP contribution in [-0.4, -0.2) is 39.2 Å². The topological polar surface area (TPSA) is 58.3 Å². The van der Waals surface area contributed by atoms with Crippen LogP contribution in [0.2, 0.25) is 5.02 Å². The lowest BCUT2D eigenvalue weighted by Crippen LogP contribution is -2.38. The molecule has 0 amide bonds. The number of aromatic nitrogens is 3. The average Bonchev–Trinajstić information content (AvgIpc) is 3.01. The number of halogens is 2. The molecule has 1 N–H and O–H groups in total. The Morgan fingerprint density at radius 2 is 2.08 bits per heavy atom. The zero-order valence-electron chi connectivity index (χ0n) is 14.2. The third-order valence-corrected chi connectivity index (χ3v) is 3.84. The van der Waals surface area contributed by atoms with Gasteiger partial charge in [0.25, 0.3) is 0 Å². The fraction of sp³-hybridized carbons (Fsp3) is 0.438. The molecule has 0 radical (unpaired) electrons. The summed E-state index contributed by atoms with van der Waals surface area (Å²) < 4.78 is 1.99. The summed E-state index contributed by atoms with van der Waals surface area (Å²) in [6, 6.07) is 7.85. The first-order valence-electron chi connectivity index (χ1n) is 7.75. The predicted molar refractivity (Wildman–Crippen MR) is 109 cm³/mol. The maximum absolute atomic E-state index is 6.24. The molecule has 0 aliphatic rings. The Kier molecular flexibility index (Phi) is 9.05. The van der Waals surface area contributed by atoms with Crippen molar-refractivity contribution in [3.8, 4) is 0 Å². The minimum atomic E-state index is 0. The number of rotatable bonds is 6. The van der Waals surface area contributed by atoms with Crippen LogP contribution in [0.5, 0.6) is 0 Å². The lowest BCUT2D eigenvalue weighted by atomic mass is 10.2. The maximum atomic E-state index is 6.24. The van der Waals surface area contributed by atoms with Crippen molar-refractivity contribution in [2.45, 2.75) is 33.5 Å². The standard InChI is InChI=1S/C16H23ClN6.HI/c1-4-18-16(19-10-15-21-20-12-23(15)5-2)22(3)11-13-8-6-7-9-14(13)17;/h6-9,12H,4-5,10-11H2,1-3H3,(H,18,19);1H. The Hall–Kier alpha value is -1.35. The van der Waals surface area contributed by atoms with E-state index in [1.807, 2.05) is 42.8 Å². The number of guanidine groups is 1. The van der Waals surface area contributed by atoms with Crippen molar-refractivity contribution in [3.63, 3.8) is 0 Å². The molecule has 2 aromatic rings. The largest absolute Gasteiger partial charge is 0.357 e. The fourth-order valence-corrected chi connectivity index (χ4v) is 2.43. The van der Waals surface area contributed by atoms with E-state index >= 15 is 0 Å². The number of aryl methyl sites for hydroxylation is 1. The lowest BCUT2D eigenvalue weighted by molar-refractivity contribution is 0.476. The molecule has 1 aromatic heterocycles. The molecule has 0 unspecified atom stereocenters. The first-order chi connectivity index (χ1) is 11.2. The minimum Gasteiger partial charge on any atom is -0.357 e. The van der Waals surface area contributed by atoms with Crippen molar-refractivity contribution in [3.05, 3.63) is 47.0 Å². The van der Waals surface area contributed by atoms with Gasteiger partial charge in [-0.25, -0.2) is 4.99 Å². The Labute approximate surface area is 165 Å². The minimum absolute atomic E-state index is 0. The molecule has 1 heterocycles. The Bertz CT molecular complexity index is 658. The van der Waals surface area contributed by atoms with Crippen LogP contribution < -0.4 is 5.32 Å². The van der Waals surface area contributed by atoms with Crippen LogP contribution >= 0.6 is 35.6 Å². The number of hydrogen-bond acceptors (Lipinski definition) is 3. The van der Waals surface area contributed by atoms with E-state index in [-0.39, 0.29) is 24.0 Å². The zero-order valence-corrected chi connectivity index (χ0v) is 17.3. The molecule has 1 aromatic carbocycles. The van der Waals surface area contributed by atoms with Gasteiger partial charge in [-0.1, -0.05) is 29.8 Å². The van der Waals surface area contributed by atoms with Crippen molar-refractivity contribution in [2.75, 3.05) is 13.6 Å². The highest BCUT2D eigenvalue weighted by atomic mass is 127. The smallest absolute Gasteiger partial charge is 0.194 e. The first-order valence-corrected chi connectivity index (χ1v) is 8.13. The molecule has 0 atom stereocenters. The summed E-state index contributed by atoms with van der Waals surface area (Å²) in [7, 11) is 2.00.